The minimum absolute atomic E-state index is 0.0256. The van der Waals surface area contributed by atoms with Gasteiger partial charge in [0.05, 0.1) is 6.10 Å². The van der Waals surface area contributed by atoms with E-state index in [1.165, 1.54) is 32.1 Å². The Kier molecular flexibility index (Phi) is 4.64. The third-order valence-electron chi connectivity index (χ3n) is 3.63. The van der Waals surface area contributed by atoms with Gasteiger partial charge in [0, 0.05) is 13.0 Å². The summed E-state index contributed by atoms with van der Waals surface area (Å²) >= 11 is 0. The van der Waals surface area contributed by atoms with E-state index < -0.39 is 0 Å². The van der Waals surface area contributed by atoms with Crippen molar-refractivity contribution >= 4 is 5.97 Å². The Morgan fingerprint density at radius 1 is 1.12 bits per heavy atom. The summed E-state index contributed by atoms with van der Waals surface area (Å²) in [5.74, 6) is 0.549. The van der Waals surface area contributed by atoms with E-state index in [0.717, 1.165) is 19.4 Å². The molecule has 1 aliphatic heterocycles. The quantitative estimate of drug-likeness (QED) is 0.691. The number of hydrogen-bond donors (Lipinski definition) is 0. The maximum Gasteiger partial charge on any atom is 0.306 e. The van der Waals surface area contributed by atoms with E-state index in [2.05, 4.69) is 0 Å². The van der Waals surface area contributed by atoms with Crippen LogP contribution in [-0.2, 0) is 14.3 Å². The van der Waals surface area contributed by atoms with E-state index in [0.29, 0.717) is 18.9 Å². The maximum atomic E-state index is 11.6. The fourth-order valence-corrected chi connectivity index (χ4v) is 2.65. The fraction of sp³-hybridized carbons (Fsp3) is 0.923. The molecule has 0 aromatic rings. The van der Waals surface area contributed by atoms with Gasteiger partial charge in [-0.2, -0.15) is 0 Å². The lowest BCUT2D eigenvalue weighted by Crippen LogP contribution is -2.20. The van der Waals surface area contributed by atoms with Crippen LogP contribution in [0.15, 0.2) is 0 Å². The summed E-state index contributed by atoms with van der Waals surface area (Å²) < 4.78 is 10.7. The Morgan fingerprint density at radius 3 is 2.62 bits per heavy atom. The number of carbonyl (C=O) groups is 1. The van der Waals surface area contributed by atoms with Gasteiger partial charge in [0.15, 0.2) is 0 Å². The van der Waals surface area contributed by atoms with Gasteiger partial charge >= 0.3 is 5.97 Å². The minimum Gasteiger partial charge on any atom is -0.463 e. The molecular weight excluding hydrogens is 204 g/mol. The molecule has 0 bridgehead atoms. The summed E-state index contributed by atoms with van der Waals surface area (Å²) in [5.41, 5.74) is 0. The molecule has 2 aliphatic rings. The van der Waals surface area contributed by atoms with Crippen molar-refractivity contribution < 1.29 is 14.3 Å². The van der Waals surface area contributed by atoms with Crippen molar-refractivity contribution in [2.75, 3.05) is 13.2 Å². The molecule has 1 saturated heterocycles. The number of carbonyl (C=O) groups excluding carboxylic acids is 1. The molecule has 0 spiro atoms. The first-order valence-electron chi connectivity index (χ1n) is 6.62. The Bertz CT molecular complexity index is 215. The highest BCUT2D eigenvalue weighted by Crippen LogP contribution is 2.26. The predicted octanol–water partition coefficient (Wildman–Crippen LogP) is 2.68. The first-order chi connectivity index (χ1) is 7.84. The van der Waals surface area contributed by atoms with Gasteiger partial charge in [-0.15, -0.1) is 0 Å². The van der Waals surface area contributed by atoms with Crippen LogP contribution in [0.3, 0.4) is 0 Å². The molecule has 0 aromatic heterocycles. The molecule has 1 aliphatic carbocycles. The lowest BCUT2D eigenvalue weighted by atomic mass is 9.87. The van der Waals surface area contributed by atoms with Gasteiger partial charge in [0.25, 0.3) is 0 Å². The average Bonchev–Trinajstić information content (AvgIpc) is 2.81. The summed E-state index contributed by atoms with van der Waals surface area (Å²) in [6.07, 6.45) is 9.22. The molecule has 0 unspecified atom stereocenters. The van der Waals surface area contributed by atoms with Crippen molar-refractivity contribution in [2.24, 2.45) is 5.92 Å². The topological polar surface area (TPSA) is 35.5 Å². The van der Waals surface area contributed by atoms with Gasteiger partial charge in [-0.25, -0.2) is 0 Å². The second-order valence-electron chi connectivity index (χ2n) is 5.03. The first kappa shape index (κ1) is 11.9. The van der Waals surface area contributed by atoms with Gasteiger partial charge in [-0.3, -0.25) is 4.79 Å². The molecule has 92 valence electrons. The molecule has 3 nitrogen and oxygen atoms in total. The highest BCUT2D eigenvalue weighted by Gasteiger charge is 2.20. The maximum absolute atomic E-state index is 11.6. The van der Waals surface area contributed by atoms with Gasteiger partial charge < -0.3 is 9.47 Å². The number of rotatable bonds is 4. The van der Waals surface area contributed by atoms with Crippen molar-refractivity contribution in [1.82, 2.24) is 0 Å². The molecule has 0 amide bonds. The van der Waals surface area contributed by atoms with Crippen LogP contribution in [-0.4, -0.2) is 25.3 Å². The molecule has 1 saturated carbocycles. The van der Waals surface area contributed by atoms with E-state index in [1.54, 1.807) is 0 Å². The standard InChI is InChI=1S/C13H22O3/c14-13(9-11-5-2-1-3-6-11)16-10-12-7-4-8-15-12/h11-12H,1-10H2/t12-/m1/s1. The zero-order chi connectivity index (χ0) is 11.2. The van der Waals surface area contributed by atoms with Crippen LogP contribution < -0.4 is 0 Å². The van der Waals surface area contributed by atoms with Gasteiger partial charge in [0.1, 0.15) is 6.61 Å². The average molecular weight is 226 g/mol. The zero-order valence-electron chi connectivity index (χ0n) is 9.95. The van der Waals surface area contributed by atoms with Crippen molar-refractivity contribution in [2.45, 2.75) is 57.5 Å². The van der Waals surface area contributed by atoms with Crippen LogP contribution in [0.25, 0.3) is 0 Å². The fourth-order valence-electron chi connectivity index (χ4n) is 2.65. The van der Waals surface area contributed by atoms with Crippen LogP contribution in [0.4, 0.5) is 0 Å². The summed E-state index contributed by atoms with van der Waals surface area (Å²) in [5, 5.41) is 0. The Morgan fingerprint density at radius 2 is 1.94 bits per heavy atom. The van der Waals surface area contributed by atoms with Gasteiger partial charge in [0.2, 0.25) is 0 Å². The Hall–Kier alpha value is -0.570. The van der Waals surface area contributed by atoms with Crippen LogP contribution in [0.2, 0.25) is 0 Å². The third kappa shape index (κ3) is 3.78. The molecule has 16 heavy (non-hydrogen) atoms. The van der Waals surface area contributed by atoms with Crippen molar-refractivity contribution in [3.8, 4) is 0 Å². The van der Waals surface area contributed by atoms with Crippen molar-refractivity contribution in [1.29, 1.82) is 0 Å². The van der Waals surface area contributed by atoms with E-state index in [1.807, 2.05) is 0 Å². The second kappa shape index (κ2) is 6.24. The molecule has 3 heteroatoms. The second-order valence-corrected chi connectivity index (χ2v) is 5.03. The number of esters is 1. The van der Waals surface area contributed by atoms with E-state index >= 15 is 0 Å². The lowest BCUT2D eigenvalue weighted by Gasteiger charge is -2.20. The molecule has 0 radical (unpaired) electrons. The summed E-state index contributed by atoms with van der Waals surface area (Å²) in [7, 11) is 0. The minimum atomic E-state index is -0.0256. The van der Waals surface area contributed by atoms with Crippen LogP contribution in [0, 0.1) is 5.92 Å². The molecule has 0 N–H and O–H groups in total. The number of ether oxygens (including phenoxy) is 2. The van der Waals surface area contributed by atoms with E-state index in [9.17, 15) is 4.79 Å². The summed E-state index contributed by atoms with van der Waals surface area (Å²) in [6.45, 7) is 1.29. The number of hydrogen-bond acceptors (Lipinski definition) is 3. The smallest absolute Gasteiger partial charge is 0.306 e. The highest BCUT2D eigenvalue weighted by molar-refractivity contribution is 5.69. The highest BCUT2D eigenvalue weighted by atomic mass is 16.6. The molecular formula is C13H22O3. The van der Waals surface area contributed by atoms with Crippen molar-refractivity contribution in [3.63, 3.8) is 0 Å². The van der Waals surface area contributed by atoms with E-state index in [-0.39, 0.29) is 12.1 Å². The molecule has 2 rings (SSSR count). The Balaban J connectivity index is 1.59. The van der Waals surface area contributed by atoms with Gasteiger partial charge in [-0.05, 0) is 31.6 Å². The monoisotopic (exact) mass is 226 g/mol. The normalized spacial score (nSPS) is 26.9. The molecule has 2 fully saturated rings. The van der Waals surface area contributed by atoms with Crippen LogP contribution in [0.1, 0.15) is 51.4 Å². The van der Waals surface area contributed by atoms with Gasteiger partial charge in [-0.1, -0.05) is 19.3 Å². The van der Waals surface area contributed by atoms with Crippen LogP contribution in [0.5, 0.6) is 0 Å². The Labute approximate surface area is 97.5 Å². The SMILES string of the molecule is O=C(CC1CCCCC1)OC[C@H]1CCCO1. The van der Waals surface area contributed by atoms with Crippen molar-refractivity contribution in [3.05, 3.63) is 0 Å². The molecule has 1 atom stereocenters. The lowest BCUT2D eigenvalue weighted by molar-refractivity contribution is -0.148. The molecule has 0 aromatic carbocycles. The summed E-state index contributed by atoms with van der Waals surface area (Å²) in [4.78, 5) is 11.6. The zero-order valence-corrected chi connectivity index (χ0v) is 9.95. The predicted molar refractivity (Wildman–Crippen MR) is 61.1 cm³/mol. The largest absolute Gasteiger partial charge is 0.463 e. The van der Waals surface area contributed by atoms with E-state index in [4.69, 9.17) is 9.47 Å². The first-order valence-corrected chi connectivity index (χ1v) is 6.62. The van der Waals surface area contributed by atoms with Crippen LogP contribution >= 0.6 is 0 Å². The third-order valence-corrected chi connectivity index (χ3v) is 3.63. The summed E-state index contributed by atoms with van der Waals surface area (Å²) in [6, 6.07) is 0. The molecule has 1 heterocycles.